The van der Waals surface area contributed by atoms with E-state index in [0.717, 1.165) is 6.07 Å². The number of hydrogen-bond donors (Lipinski definition) is 3. The lowest BCUT2D eigenvalue weighted by Gasteiger charge is -2.19. The van der Waals surface area contributed by atoms with Crippen LogP contribution in [0.25, 0.3) is 0 Å². The maximum atomic E-state index is 13.7. The van der Waals surface area contributed by atoms with Crippen molar-refractivity contribution in [1.29, 1.82) is 0 Å². The molecule has 2 rings (SSSR count). The van der Waals surface area contributed by atoms with Crippen molar-refractivity contribution in [1.82, 2.24) is 10.6 Å². The number of aliphatic hydroxyl groups is 1. The van der Waals surface area contributed by atoms with Crippen LogP contribution in [0, 0.1) is 12.7 Å². The van der Waals surface area contributed by atoms with Crippen LogP contribution < -0.4 is 10.6 Å². The third kappa shape index (κ3) is 5.80. The van der Waals surface area contributed by atoms with Crippen molar-refractivity contribution in [3.05, 3.63) is 53.7 Å². The Morgan fingerprint density at radius 2 is 1.96 bits per heavy atom. The minimum Gasteiger partial charge on any atom is -0.463 e. The van der Waals surface area contributed by atoms with E-state index < -0.39 is 21.3 Å². The van der Waals surface area contributed by atoms with E-state index in [1.807, 2.05) is 6.92 Å². The minimum atomic E-state index is -3.77. The number of rotatable bonds is 8. The number of furan rings is 1. The summed E-state index contributed by atoms with van der Waals surface area (Å²) in [6.07, 6.45) is 0. The van der Waals surface area contributed by atoms with Crippen molar-refractivity contribution in [3.8, 4) is 0 Å². The van der Waals surface area contributed by atoms with Gasteiger partial charge in [0.05, 0.1) is 12.3 Å². The Hall–Kier alpha value is -2.39. The van der Waals surface area contributed by atoms with Gasteiger partial charge in [-0.1, -0.05) is 12.1 Å². The van der Waals surface area contributed by atoms with Crippen LogP contribution in [0.3, 0.4) is 0 Å². The first kappa shape index (κ1) is 21.9. The van der Waals surface area contributed by atoms with Crippen molar-refractivity contribution >= 4 is 15.8 Å². The van der Waals surface area contributed by atoms with Crippen molar-refractivity contribution < 1.29 is 22.3 Å². The van der Waals surface area contributed by atoms with Gasteiger partial charge in [-0.3, -0.25) is 0 Å². The number of halogens is 1. The number of nitrogens with one attached hydrogen (secondary N) is 2. The van der Waals surface area contributed by atoms with Gasteiger partial charge < -0.3 is 20.2 Å². The van der Waals surface area contributed by atoms with Gasteiger partial charge in [0.15, 0.2) is 15.8 Å². The maximum Gasteiger partial charge on any atom is 0.191 e. The number of benzene rings is 1. The van der Waals surface area contributed by atoms with E-state index in [2.05, 4.69) is 15.6 Å². The monoisotopic (exact) mass is 411 g/mol. The van der Waals surface area contributed by atoms with E-state index in [9.17, 15) is 17.9 Å². The molecule has 1 heterocycles. The third-order valence-electron chi connectivity index (χ3n) is 4.00. The Morgan fingerprint density at radius 3 is 2.57 bits per heavy atom. The summed E-state index contributed by atoms with van der Waals surface area (Å²) < 4.78 is 43.8. The van der Waals surface area contributed by atoms with Crippen molar-refractivity contribution in [2.24, 2.45) is 4.99 Å². The molecule has 0 bridgehead atoms. The molecule has 0 amide bonds. The van der Waals surface area contributed by atoms with Crippen LogP contribution in [0.1, 0.15) is 25.4 Å². The first-order valence-electron chi connectivity index (χ1n) is 8.94. The smallest absolute Gasteiger partial charge is 0.191 e. The van der Waals surface area contributed by atoms with E-state index in [0.29, 0.717) is 24.0 Å². The molecule has 3 N–H and O–H groups in total. The molecule has 0 radical (unpaired) electrons. The van der Waals surface area contributed by atoms with Crippen LogP contribution in [-0.2, 0) is 15.4 Å². The fraction of sp³-hybridized carbons (Fsp3) is 0.421. The zero-order chi connectivity index (χ0) is 20.8. The van der Waals surface area contributed by atoms with Gasteiger partial charge in [-0.2, -0.15) is 0 Å². The molecule has 1 aromatic carbocycles. The summed E-state index contributed by atoms with van der Waals surface area (Å²) in [5.41, 5.74) is -1.31. The van der Waals surface area contributed by atoms with Crippen LogP contribution in [0.15, 0.2) is 50.7 Å². The largest absolute Gasteiger partial charge is 0.463 e. The summed E-state index contributed by atoms with van der Waals surface area (Å²) in [6.45, 7) is 5.82. The molecule has 28 heavy (non-hydrogen) atoms. The van der Waals surface area contributed by atoms with Gasteiger partial charge >= 0.3 is 0 Å². The van der Waals surface area contributed by atoms with Crippen LogP contribution in [0.5, 0.6) is 0 Å². The van der Waals surface area contributed by atoms with Gasteiger partial charge in [-0.15, -0.1) is 0 Å². The summed E-state index contributed by atoms with van der Waals surface area (Å²) in [4.78, 5) is 3.97. The SMILES string of the molecule is CCNC(=NCC(C)(O)c1ccc(C)o1)NCCS(=O)(=O)c1ccccc1F. The molecule has 0 saturated carbocycles. The molecule has 0 fully saturated rings. The maximum absolute atomic E-state index is 13.7. The second-order valence-electron chi connectivity index (χ2n) is 6.56. The normalized spacial score (nSPS) is 14.5. The van der Waals surface area contributed by atoms with Crippen LogP contribution in [0.4, 0.5) is 4.39 Å². The molecule has 0 aliphatic rings. The number of guanidine groups is 1. The Bertz CT molecular complexity index is 923. The zero-order valence-corrected chi connectivity index (χ0v) is 17.0. The molecule has 2 aromatic rings. The van der Waals surface area contributed by atoms with Crippen LogP contribution in [-0.4, -0.2) is 44.9 Å². The molecule has 1 atom stereocenters. The third-order valence-corrected chi connectivity index (χ3v) is 5.74. The molecule has 0 aliphatic heterocycles. The topological polar surface area (TPSA) is 104 Å². The second kappa shape index (κ2) is 9.20. The number of hydrogen-bond acceptors (Lipinski definition) is 5. The summed E-state index contributed by atoms with van der Waals surface area (Å²) in [5.74, 6) is 0.351. The predicted octanol–water partition coefficient (Wildman–Crippen LogP) is 1.96. The lowest BCUT2D eigenvalue weighted by molar-refractivity contribution is 0.0428. The van der Waals surface area contributed by atoms with E-state index in [4.69, 9.17) is 4.42 Å². The minimum absolute atomic E-state index is 0.00928. The Morgan fingerprint density at radius 1 is 1.25 bits per heavy atom. The fourth-order valence-corrected chi connectivity index (χ4v) is 3.73. The van der Waals surface area contributed by atoms with Crippen molar-refractivity contribution in [2.75, 3.05) is 25.4 Å². The van der Waals surface area contributed by atoms with Gasteiger partial charge in [0.1, 0.15) is 27.8 Å². The molecule has 1 unspecified atom stereocenters. The quantitative estimate of drug-likeness (QED) is 0.453. The predicted molar refractivity (Wildman–Crippen MR) is 105 cm³/mol. The molecule has 7 nitrogen and oxygen atoms in total. The Labute approximate surface area is 164 Å². The molecule has 0 aliphatic carbocycles. The highest BCUT2D eigenvalue weighted by Gasteiger charge is 2.27. The summed E-state index contributed by atoms with van der Waals surface area (Å²) in [7, 11) is -3.77. The first-order chi connectivity index (χ1) is 13.2. The lowest BCUT2D eigenvalue weighted by Crippen LogP contribution is -2.40. The average molecular weight is 411 g/mol. The standard InChI is InChI=1S/C19H26FN3O4S/c1-4-21-18(23-13-19(3,24)17-10-9-14(2)27-17)22-11-12-28(25,26)16-8-6-5-7-15(16)20/h5-10,24H,4,11-13H2,1-3H3,(H2,21,22,23). The number of aliphatic imine (C=N–C) groups is 1. The van der Waals surface area contributed by atoms with E-state index in [1.54, 1.807) is 26.0 Å². The second-order valence-corrected chi connectivity index (χ2v) is 8.63. The molecule has 0 saturated heterocycles. The molecule has 9 heteroatoms. The van der Waals surface area contributed by atoms with E-state index >= 15 is 0 Å². The fourth-order valence-electron chi connectivity index (χ4n) is 2.49. The van der Waals surface area contributed by atoms with Gasteiger partial charge in [-0.05, 0) is 45.0 Å². The van der Waals surface area contributed by atoms with Crippen LogP contribution in [0.2, 0.25) is 0 Å². The summed E-state index contributed by atoms with van der Waals surface area (Å²) in [5, 5.41) is 16.4. The Kier molecular flexibility index (Phi) is 7.20. The molecular weight excluding hydrogens is 385 g/mol. The number of nitrogens with zero attached hydrogens (tertiary/aromatic N) is 1. The molecule has 1 aromatic heterocycles. The molecule has 0 spiro atoms. The van der Waals surface area contributed by atoms with E-state index in [1.165, 1.54) is 18.2 Å². The Balaban J connectivity index is 2.01. The lowest BCUT2D eigenvalue weighted by atomic mass is 10.0. The number of sulfone groups is 1. The van der Waals surface area contributed by atoms with Crippen molar-refractivity contribution in [2.45, 2.75) is 31.3 Å². The highest BCUT2D eigenvalue weighted by molar-refractivity contribution is 7.91. The summed E-state index contributed by atoms with van der Waals surface area (Å²) in [6, 6.07) is 8.72. The zero-order valence-electron chi connectivity index (χ0n) is 16.2. The van der Waals surface area contributed by atoms with Gasteiger partial charge in [0, 0.05) is 13.1 Å². The first-order valence-corrected chi connectivity index (χ1v) is 10.6. The van der Waals surface area contributed by atoms with Gasteiger partial charge in [0.2, 0.25) is 0 Å². The van der Waals surface area contributed by atoms with Crippen LogP contribution >= 0.6 is 0 Å². The van der Waals surface area contributed by atoms with Crippen molar-refractivity contribution in [3.63, 3.8) is 0 Å². The highest BCUT2D eigenvalue weighted by Crippen LogP contribution is 2.23. The highest BCUT2D eigenvalue weighted by atomic mass is 32.2. The number of aryl methyl sites for hydroxylation is 1. The summed E-state index contributed by atoms with van der Waals surface area (Å²) >= 11 is 0. The molecule has 154 valence electrons. The van der Waals surface area contributed by atoms with Gasteiger partial charge in [-0.25, -0.2) is 17.8 Å². The molecular formula is C19H26FN3O4S. The van der Waals surface area contributed by atoms with Gasteiger partial charge in [0.25, 0.3) is 0 Å². The van der Waals surface area contributed by atoms with E-state index in [-0.39, 0.29) is 23.7 Å². The average Bonchev–Trinajstić information content (AvgIpc) is 3.07.